The predicted molar refractivity (Wildman–Crippen MR) is 72.1 cm³/mol. The molecule has 1 aromatic rings. The maximum Gasteiger partial charge on any atom is 0.239 e. The van der Waals surface area contributed by atoms with Gasteiger partial charge in [-0.2, -0.15) is 4.98 Å². The SMILES string of the molecule is CCC(CC)(CC)Nc1nc(NN)ncc1Cl. The van der Waals surface area contributed by atoms with Gasteiger partial charge in [0, 0.05) is 5.54 Å². The summed E-state index contributed by atoms with van der Waals surface area (Å²) in [5, 5.41) is 3.91. The third kappa shape index (κ3) is 3.20. The van der Waals surface area contributed by atoms with Crippen molar-refractivity contribution >= 4 is 23.4 Å². The van der Waals surface area contributed by atoms with Crippen molar-refractivity contribution in [2.45, 2.75) is 45.6 Å². The number of anilines is 2. The Morgan fingerprint density at radius 2 is 1.88 bits per heavy atom. The van der Waals surface area contributed by atoms with Crippen molar-refractivity contribution in [2.75, 3.05) is 10.7 Å². The van der Waals surface area contributed by atoms with Crippen molar-refractivity contribution in [2.24, 2.45) is 5.84 Å². The molecule has 0 spiro atoms. The summed E-state index contributed by atoms with van der Waals surface area (Å²) < 4.78 is 0. The molecular weight excluding hydrogens is 238 g/mol. The molecule has 0 unspecified atom stereocenters. The molecule has 1 rings (SSSR count). The van der Waals surface area contributed by atoms with Crippen molar-refractivity contribution in [1.82, 2.24) is 9.97 Å². The molecule has 0 amide bonds. The van der Waals surface area contributed by atoms with Crippen molar-refractivity contribution < 1.29 is 0 Å². The number of rotatable bonds is 6. The smallest absolute Gasteiger partial charge is 0.239 e. The molecule has 0 aliphatic heterocycles. The van der Waals surface area contributed by atoms with Gasteiger partial charge in [-0.05, 0) is 19.3 Å². The van der Waals surface area contributed by atoms with Crippen LogP contribution in [0.4, 0.5) is 11.8 Å². The molecule has 0 bridgehead atoms. The van der Waals surface area contributed by atoms with Crippen LogP contribution in [0.3, 0.4) is 0 Å². The largest absolute Gasteiger partial charge is 0.363 e. The van der Waals surface area contributed by atoms with E-state index in [1.54, 1.807) is 0 Å². The number of nitrogens with two attached hydrogens (primary N) is 1. The quantitative estimate of drug-likeness (QED) is 0.540. The summed E-state index contributed by atoms with van der Waals surface area (Å²) in [6.45, 7) is 6.45. The molecule has 1 aromatic heterocycles. The zero-order valence-electron chi connectivity index (χ0n) is 10.5. The second-order valence-corrected chi connectivity index (χ2v) is 4.41. The molecule has 0 fully saturated rings. The molecule has 0 aromatic carbocycles. The molecule has 0 saturated heterocycles. The van der Waals surface area contributed by atoms with Gasteiger partial charge in [0.15, 0.2) is 5.82 Å². The molecule has 4 N–H and O–H groups in total. The fourth-order valence-electron chi connectivity index (χ4n) is 1.79. The summed E-state index contributed by atoms with van der Waals surface area (Å²) >= 11 is 6.07. The lowest BCUT2D eigenvalue weighted by atomic mass is 9.90. The molecule has 1 heterocycles. The Morgan fingerprint density at radius 3 is 2.35 bits per heavy atom. The summed E-state index contributed by atoms with van der Waals surface area (Å²) in [5.74, 6) is 6.27. The van der Waals surface area contributed by atoms with E-state index in [-0.39, 0.29) is 5.54 Å². The summed E-state index contributed by atoms with van der Waals surface area (Å²) in [7, 11) is 0. The predicted octanol–water partition coefficient (Wildman–Crippen LogP) is 2.80. The van der Waals surface area contributed by atoms with E-state index in [9.17, 15) is 0 Å². The summed E-state index contributed by atoms with van der Waals surface area (Å²) in [6, 6.07) is 0. The summed E-state index contributed by atoms with van der Waals surface area (Å²) in [6.07, 6.45) is 4.56. The van der Waals surface area contributed by atoms with Crippen LogP contribution in [0.5, 0.6) is 0 Å². The molecule has 0 atom stereocenters. The number of halogens is 1. The minimum absolute atomic E-state index is 0.0177. The Morgan fingerprint density at radius 1 is 1.29 bits per heavy atom. The molecule has 0 radical (unpaired) electrons. The first-order valence-corrected chi connectivity index (χ1v) is 6.26. The van der Waals surface area contributed by atoms with E-state index in [4.69, 9.17) is 17.4 Å². The standard InChI is InChI=1S/C11H20ClN5/c1-4-11(5-2,6-3)16-9-8(12)7-14-10(15-9)17-13/h7H,4-6,13H2,1-3H3,(H2,14,15,16,17). The second-order valence-electron chi connectivity index (χ2n) is 4.00. The maximum absolute atomic E-state index is 6.07. The Balaban J connectivity index is 2.99. The first kappa shape index (κ1) is 14.0. The van der Waals surface area contributed by atoms with Gasteiger partial charge in [0.05, 0.1) is 6.20 Å². The number of aromatic nitrogens is 2. The Bertz CT molecular complexity index is 357. The number of hydrazine groups is 1. The molecule has 96 valence electrons. The minimum atomic E-state index is 0.0177. The number of nitrogens with one attached hydrogen (secondary N) is 2. The highest BCUT2D eigenvalue weighted by Crippen LogP contribution is 2.28. The van der Waals surface area contributed by atoms with Crippen LogP contribution in [0.1, 0.15) is 40.0 Å². The van der Waals surface area contributed by atoms with E-state index >= 15 is 0 Å². The van der Waals surface area contributed by atoms with E-state index < -0.39 is 0 Å². The van der Waals surface area contributed by atoms with Gasteiger partial charge in [0.2, 0.25) is 5.95 Å². The van der Waals surface area contributed by atoms with Gasteiger partial charge >= 0.3 is 0 Å². The number of hydrogen-bond acceptors (Lipinski definition) is 5. The van der Waals surface area contributed by atoms with Gasteiger partial charge in [0.25, 0.3) is 0 Å². The number of hydrogen-bond donors (Lipinski definition) is 3. The van der Waals surface area contributed by atoms with Crippen LogP contribution in [0.25, 0.3) is 0 Å². The van der Waals surface area contributed by atoms with Crippen molar-refractivity contribution in [3.05, 3.63) is 11.2 Å². The van der Waals surface area contributed by atoms with E-state index in [0.29, 0.717) is 16.8 Å². The monoisotopic (exact) mass is 257 g/mol. The highest BCUT2D eigenvalue weighted by atomic mass is 35.5. The van der Waals surface area contributed by atoms with Crippen molar-refractivity contribution in [3.63, 3.8) is 0 Å². The van der Waals surface area contributed by atoms with Crippen molar-refractivity contribution in [1.29, 1.82) is 0 Å². The molecule has 17 heavy (non-hydrogen) atoms. The average molecular weight is 258 g/mol. The van der Waals surface area contributed by atoms with Gasteiger partial charge < -0.3 is 5.32 Å². The zero-order chi connectivity index (χ0) is 12.9. The van der Waals surface area contributed by atoms with Gasteiger partial charge in [-0.25, -0.2) is 10.8 Å². The first-order chi connectivity index (χ1) is 8.10. The summed E-state index contributed by atoms with van der Waals surface area (Å²) in [5.41, 5.74) is 2.43. The highest BCUT2D eigenvalue weighted by molar-refractivity contribution is 6.32. The molecular formula is C11H20ClN5. The van der Waals surface area contributed by atoms with Gasteiger partial charge in [-0.1, -0.05) is 32.4 Å². The van der Waals surface area contributed by atoms with Crippen LogP contribution in [-0.4, -0.2) is 15.5 Å². The Kier molecular flexibility index (Phi) is 4.96. The first-order valence-electron chi connectivity index (χ1n) is 5.88. The third-order valence-corrected chi connectivity index (χ3v) is 3.56. The lowest BCUT2D eigenvalue weighted by Crippen LogP contribution is -2.36. The molecule has 5 nitrogen and oxygen atoms in total. The summed E-state index contributed by atoms with van der Waals surface area (Å²) in [4.78, 5) is 8.17. The Labute approximate surface area is 107 Å². The van der Waals surface area contributed by atoms with E-state index in [1.807, 2.05) is 0 Å². The number of nitrogens with zero attached hydrogens (tertiary/aromatic N) is 2. The van der Waals surface area contributed by atoms with Crippen LogP contribution in [0.2, 0.25) is 5.02 Å². The van der Waals surface area contributed by atoms with Gasteiger partial charge in [-0.15, -0.1) is 0 Å². The molecule has 6 heteroatoms. The topological polar surface area (TPSA) is 75.9 Å². The van der Waals surface area contributed by atoms with Gasteiger partial charge in [-0.3, -0.25) is 5.43 Å². The second kappa shape index (κ2) is 6.02. The zero-order valence-corrected chi connectivity index (χ0v) is 11.3. The van der Waals surface area contributed by atoms with Crippen LogP contribution < -0.4 is 16.6 Å². The van der Waals surface area contributed by atoms with Crippen LogP contribution in [-0.2, 0) is 0 Å². The van der Waals surface area contributed by atoms with Crippen molar-refractivity contribution in [3.8, 4) is 0 Å². The van der Waals surface area contributed by atoms with Crippen LogP contribution in [0, 0.1) is 0 Å². The van der Waals surface area contributed by atoms with E-state index in [0.717, 1.165) is 19.3 Å². The van der Waals surface area contributed by atoms with Crippen LogP contribution in [0.15, 0.2) is 6.20 Å². The highest BCUT2D eigenvalue weighted by Gasteiger charge is 2.25. The number of nitrogen functional groups attached to an aromatic ring is 1. The fraction of sp³-hybridized carbons (Fsp3) is 0.636. The average Bonchev–Trinajstić information content (AvgIpc) is 2.38. The van der Waals surface area contributed by atoms with Crippen LogP contribution >= 0.6 is 11.6 Å². The van der Waals surface area contributed by atoms with E-state index in [2.05, 4.69) is 41.5 Å². The normalized spacial score (nSPS) is 11.4. The third-order valence-electron chi connectivity index (χ3n) is 3.29. The maximum atomic E-state index is 6.07. The molecule has 0 aliphatic carbocycles. The lowest BCUT2D eigenvalue weighted by Gasteiger charge is -2.32. The Hall–Kier alpha value is -1.07. The van der Waals surface area contributed by atoms with Gasteiger partial charge in [0.1, 0.15) is 5.02 Å². The lowest BCUT2D eigenvalue weighted by molar-refractivity contribution is 0.419. The molecule has 0 saturated carbocycles. The molecule has 0 aliphatic rings. The van der Waals surface area contributed by atoms with E-state index in [1.165, 1.54) is 6.20 Å². The minimum Gasteiger partial charge on any atom is -0.363 e. The fourth-order valence-corrected chi connectivity index (χ4v) is 1.93.